The molecule has 1 aromatic carbocycles. The molecule has 0 bridgehead atoms. The first kappa shape index (κ1) is 33.6. The third-order valence-corrected chi connectivity index (χ3v) is 8.88. The van der Waals surface area contributed by atoms with Gasteiger partial charge in [0, 0.05) is 12.4 Å². The van der Waals surface area contributed by atoms with Gasteiger partial charge in [-0.25, -0.2) is 4.98 Å². The molecule has 2 nitrogen and oxygen atoms in total. The number of nitrogens with zero attached hydrogens (tertiary/aromatic N) is 2. The molecule has 39 heavy (non-hydrogen) atoms. The van der Waals surface area contributed by atoms with Crippen molar-refractivity contribution in [3.8, 4) is 0 Å². The van der Waals surface area contributed by atoms with Crippen molar-refractivity contribution in [2.45, 2.75) is 180 Å². The van der Waals surface area contributed by atoms with Crippen LogP contribution in [0.3, 0.4) is 0 Å². The fraction of sp³-hybridized carbons (Fsp3) is 0.757. The highest BCUT2D eigenvalue weighted by Crippen LogP contribution is 2.35. The van der Waals surface area contributed by atoms with E-state index >= 15 is 0 Å². The van der Waals surface area contributed by atoms with Gasteiger partial charge in [0.05, 0.1) is 12.4 Å². The van der Waals surface area contributed by atoms with Gasteiger partial charge in [-0.05, 0) is 36.3 Å². The van der Waals surface area contributed by atoms with Crippen molar-refractivity contribution >= 4 is 0 Å². The molecule has 0 aliphatic heterocycles. The van der Waals surface area contributed by atoms with Crippen LogP contribution in [-0.4, -0.2) is 9.55 Å². The fourth-order valence-corrected chi connectivity index (χ4v) is 6.44. The zero-order valence-corrected chi connectivity index (χ0v) is 26.4. The Balaban J connectivity index is 1.69. The smallest absolute Gasteiger partial charge is 0.0951 e. The summed E-state index contributed by atoms with van der Waals surface area (Å²) in [5.41, 5.74) is 3.13. The van der Waals surface area contributed by atoms with Crippen molar-refractivity contribution < 1.29 is 0 Å². The van der Waals surface area contributed by atoms with Crippen molar-refractivity contribution in [2.24, 2.45) is 0 Å². The molecule has 1 aromatic heterocycles. The Morgan fingerprint density at radius 3 is 1.44 bits per heavy atom. The Bertz CT molecular complexity index is 780. The standard InChI is InChI=1S/C37H64N2/c1-4-7-9-11-12-13-14-15-16-17-18-19-20-21-22-24-28-34(27-23-10-8-5-2)35-29-25-26-30-36(35)37(6-3)39-32-31-38-33-39/h25-26,29-34,37H,4-24,27-28H2,1-3H3/t34-,37?/m0/s1. The van der Waals surface area contributed by atoms with Gasteiger partial charge in [0.15, 0.2) is 0 Å². The average molecular weight is 537 g/mol. The molecule has 0 spiro atoms. The van der Waals surface area contributed by atoms with Crippen molar-refractivity contribution in [3.05, 3.63) is 54.1 Å². The normalized spacial score (nSPS) is 13.1. The molecular weight excluding hydrogens is 472 g/mol. The highest BCUT2D eigenvalue weighted by atomic mass is 15.0. The highest BCUT2D eigenvalue weighted by molar-refractivity contribution is 5.33. The van der Waals surface area contributed by atoms with Gasteiger partial charge < -0.3 is 4.57 Å². The van der Waals surface area contributed by atoms with Crippen molar-refractivity contribution in [1.29, 1.82) is 0 Å². The van der Waals surface area contributed by atoms with E-state index in [1.54, 1.807) is 5.56 Å². The van der Waals surface area contributed by atoms with Crippen LogP contribution < -0.4 is 0 Å². The fourth-order valence-electron chi connectivity index (χ4n) is 6.44. The molecule has 2 aromatic rings. The van der Waals surface area contributed by atoms with Crippen LogP contribution in [0.1, 0.15) is 192 Å². The summed E-state index contributed by atoms with van der Waals surface area (Å²) in [5, 5.41) is 0. The second-order valence-corrected chi connectivity index (χ2v) is 12.2. The Morgan fingerprint density at radius 1 is 0.564 bits per heavy atom. The summed E-state index contributed by atoms with van der Waals surface area (Å²) in [6, 6.07) is 9.72. The number of benzene rings is 1. The maximum absolute atomic E-state index is 4.35. The average Bonchev–Trinajstić information content (AvgIpc) is 3.49. The topological polar surface area (TPSA) is 17.8 Å². The van der Waals surface area contributed by atoms with Gasteiger partial charge in [-0.2, -0.15) is 0 Å². The third-order valence-electron chi connectivity index (χ3n) is 8.88. The number of rotatable bonds is 26. The number of unbranched alkanes of at least 4 members (excludes halogenated alkanes) is 18. The van der Waals surface area contributed by atoms with E-state index in [1.165, 1.54) is 147 Å². The second-order valence-electron chi connectivity index (χ2n) is 12.2. The van der Waals surface area contributed by atoms with E-state index in [0.29, 0.717) is 12.0 Å². The first-order valence-corrected chi connectivity index (χ1v) is 17.4. The van der Waals surface area contributed by atoms with Crippen LogP contribution >= 0.6 is 0 Å². The van der Waals surface area contributed by atoms with Gasteiger partial charge in [0.1, 0.15) is 0 Å². The molecule has 1 heterocycles. The molecule has 0 saturated carbocycles. The van der Waals surface area contributed by atoms with E-state index in [-0.39, 0.29) is 0 Å². The minimum Gasteiger partial charge on any atom is -0.330 e. The lowest BCUT2D eigenvalue weighted by Gasteiger charge is -2.26. The van der Waals surface area contributed by atoms with Crippen molar-refractivity contribution in [1.82, 2.24) is 9.55 Å². The minimum absolute atomic E-state index is 0.396. The number of hydrogen-bond acceptors (Lipinski definition) is 1. The Kier molecular flexibility index (Phi) is 20.0. The zero-order valence-electron chi connectivity index (χ0n) is 26.4. The summed E-state index contributed by atoms with van der Waals surface area (Å²) in [6.45, 7) is 6.94. The molecule has 2 atom stereocenters. The summed E-state index contributed by atoms with van der Waals surface area (Å²) in [6.07, 6.45) is 38.4. The number of hydrogen-bond donors (Lipinski definition) is 0. The van der Waals surface area contributed by atoms with Crippen LogP contribution in [0.4, 0.5) is 0 Å². The number of imidazole rings is 1. The van der Waals surface area contributed by atoms with Crippen LogP contribution in [0.25, 0.3) is 0 Å². The summed E-state index contributed by atoms with van der Waals surface area (Å²) < 4.78 is 2.31. The van der Waals surface area contributed by atoms with E-state index in [4.69, 9.17) is 0 Å². The van der Waals surface area contributed by atoms with E-state index in [0.717, 1.165) is 6.42 Å². The van der Waals surface area contributed by atoms with Crippen LogP contribution in [0, 0.1) is 0 Å². The monoisotopic (exact) mass is 537 g/mol. The summed E-state index contributed by atoms with van der Waals surface area (Å²) in [5.74, 6) is 0.697. The lowest BCUT2D eigenvalue weighted by atomic mass is 9.83. The molecule has 0 aliphatic rings. The predicted molar refractivity (Wildman–Crippen MR) is 173 cm³/mol. The summed E-state index contributed by atoms with van der Waals surface area (Å²) >= 11 is 0. The molecule has 0 saturated heterocycles. The van der Waals surface area contributed by atoms with Crippen LogP contribution in [0.15, 0.2) is 43.0 Å². The molecule has 0 fully saturated rings. The highest BCUT2D eigenvalue weighted by Gasteiger charge is 2.20. The molecule has 1 unspecified atom stereocenters. The Hall–Kier alpha value is -1.57. The first-order valence-electron chi connectivity index (χ1n) is 17.4. The van der Waals surface area contributed by atoms with Crippen LogP contribution in [0.2, 0.25) is 0 Å². The maximum atomic E-state index is 4.35. The molecule has 2 heteroatoms. The molecule has 0 N–H and O–H groups in total. The quantitative estimate of drug-likeness (QED) is 0.109. The molecule has 2 rings (SSSR count). The predicted octanol–water partition coefficient (Wildman–Crippen LogP) is 12.6. The van der Waals surface area contributed by atoms with Crippen LogP contribution in [0.5, 0.6) is 0 Å². The summed E-state index contributed by atoms with van der Waals surface area (Å²) in [7, 11) is 0. The first-order chi connectivity index (χ1) is 19.3. The molecule has 0 amide bonds. The van der Waals surface area contributed by atoms with Crippen molar-refractivity contribution in [2.75, 3.05) is 0 Å². The SMILES string of the molecule is CCCCCCCCCCCCCCCCCC[C@H](CCCCCC)c1ccccc1C(CC)n1ccnc1. The van der Waals surface area contributed by atoms with Crippen LogP contribution in [-0.2, 0) is 0 Å². The van der Waals surface area contributed by atoms with Gasteiger partial charge in [-0.3, -0.25) is 0 Å². The summed E-state index contributed by atoms with van der Waals surface area (Å²) in [4.78, 5) is 4.35. The van der Waals surface area contributed by atoms with Gasteiger partial charge >= 0.3 is 0 Å². The Morgan fingerprint density at radius 2 is 1.00 bits per heavy atom. The molecule has 222 valence electrons. The van der Waals surface area contributed by atoms with E-state index in [9.17, 15) is 0 Å². The molecule has 0 radical (unpaired) electrons. The lowest BCUT2D eigenvalue weighted by molar-refractivity contribution is 0.476. The van der Waals surface area contributed by atoms with E-state index in [2.05, 4.69) is 60.8 Å². The van der Waals surface area contributed by atoms with E-state index < -0.39 is 0 Å². The zero-order chi connectivity index (χ0) is 27.8. The number of aromatic nitrogens is 2. The lowest BCUT2D eigenvalue weighted by Crippen LogP contribution is -2.13. The van der Waals surface area contributed by atoms with Gasteiger partial charge in [0.2, 0.25) is 0 Å². The Labute approximate surface area is 243 Å². The second kappa shape index (κ2) is 23.2. The van der Waals surface area contributed by atoms with Gasteiger partial charge in [-0.1, -0.05) is 173 Å². The molecule has 0 aliphatic carbocycles. The van der Waals surface area contributed by atoms with Crippen molar-refractivity contribution in [3.63, 3.8) is 0 Å². The maximum Gasteiger partial charge on any atom is 0.0951 e. The van der Waals surface area contributed by atoms with E-state index in [1.807, 2.05) is 12.5 Å². The molecular formula is C37H64N2. The van der Waals surface area contributed by atoms with Gasteiger partial charge in [0.25, 0.3) is 0 Å². The van der Waals surface area contributed by atoms with Gasteiger partial charge in [-0.15, -0.1) is 0 Å². The third kappa shape index (κ3) is 14.6. The largest absolute Gasteiger partial charge is 0.330 e. The minimum atomic E-state index is 0.396.